The van der Waals surface area contributed by atoms with Crippen molar-refractivity contribution < 1.29 is 0 Å². The third-order valence-electron chi connectivity index (χ3n) is 6.24. The topological polar surface area (TPSA) is 15.3 Å². The summed E-state index contributed by atoms with van der Waals surface area (Å²) in [5.74, 6) is 1.98. The zero-order valence-corrected chi connectivity index (χ0v) is 14.5. The van der Waals surface area contributed by atoms with Crippen LogP contribution in [0.25, 0.3) is 0 Å². The highest BCUT2D eigenvalue weighted by molar-refractivity contribution is 4.89. The Balaban J connectivity index is 1.53. The minimum atomic E-state index is 0.513. The lowest BCUT2D eigenvalue weighted by Gasteiger charge is -2.42. The molecule has 3 rings (SSSR count). The van der Waals surface area contributed by atoms with Crippen molar-refractivity contribution in [2.24, 2.45) is 17.3 Å². The van der Waals surface area contributed by atoms with E-state index >= 15 is 0 Å². The standard InChI is InChI=1S/C19H36N2/c1-19(2,3)16-8-10-18(11-9-16)21(13-15-6-7-15)14-17-5-4-12-20-17/h15-18,20H,4-14H2,1-3H3. The van der Waals surface area contributed by atoms with Gasteiger partial charge in [-0.3, -0.25) is 4.90 Å². The Morgan fingerprint density at radius 2 is 1.62 bits per heavy atom. The molecule has 1 aliphatic heterocycles. The van der Waals surface area contributed by atoms with Crippen LogP contribution in [0.5, 0.6) is 0 Å². The van der Waals surface area contributed by atoms with Gasteiger partial charge in [-0.1, -0.05) is 20.8 Å². The Labute approximate surface area is 132 Å². The Hall–Kier alpha value is -0.0800. The summed E-state index contributed by atoms with van der Waals surface area (Å²) in [4.78, 5) is 2.89. The van der Waals surface area contributed by atoms with E-state index in [0.717, 1.165) is 23.9 Å². The first-order chi connectivity index (χ1) is 10.0. The molecule has 1 N–H and O–H groups in total. The van der Waals surface area contributed by atoms with Gasteiger partial charge in [0, 0.05) is 25.2 Å². The van der Waals surface area contributed by atoms with Gasteiger partial charge in [0.2, 0.25) is 0 Å². The number of nitrogens with zero attached hydrogens (tertiary/aromatic N) is 1. The van der Waals surface area contributed by atoms with Crippen molar-refractivity contribution in [3.63, 3.8) is 0 Å². The molecular weight excluding hydrogens is 256 g/mol. The van der Waals surface area contributed by atoms with Crippen LogP contribution >= 0.6 is 0 Å². The van der Waals surface area contributed by atoms with Gasteiger partial charge in [-0.25, -0.2) is 0 Å². The third-order valence-corrected chi connectivity index (χ3v) is 6.24. The summed E-state index contributed by atoms with van der Waals surface area (Å²) in [5, 5.41) is 3.71. The van der Waals surface area contributed by atoms with Crippen LogP contribution in [-0.2, 0) is 0 Å². The summed E-state index contributed by atoms with van der Waals surface area (Å²) in [6, 6.07) is 1.66. The van der Waals surface area contributed by atoms with Gasteiger partial charge in [-0.15, -0.1) is 0 Å². The molecule has 0 aromatic rings. The molecule has 2 saturated carbocycles. The normalized spacial score (nSPS) is 34.6. The maximum Gasteiger partial charge on any atom is 0.0195 e. The Kier molecular flexibility index (Phi) is 4.95. The lowest BCUT2D eigenvalue weighted by Crippen LogP contribution is -2.46. The number of hydrogen-bond donors (Lipinski definition) is 1. The van der Waals surface area contributed by atoms with Crippen LogP contribution < -0.4 is 5.32 Å². The molecule has 0 amide bonds. The van der Waals surface area contributed by atoms with E-state index < -0.39 is 0 Å². The van der Waals surface area contributed by atoms with Crippen molar-refractivity contribution in [3.05, 3.63) is 0 Å². The highest BCUT2D eigenvalue weighted by Crippen LogP contribution is 2.40. The molecule has 3 fully saturated rings. The van der Waals surface area contributed by atoms with Gasteiger partial charge in [-0.2, -0.15) is 0 Å². The van der Waals surface area contributed by atoms with E-state index in [4.69, 9.17) is 0 Å². The molecule has 0 radical (unpaired) electrons. The van der Waals surface area contributed by atoms with E-state index in [1.54, 1.807) is 0 Å². The van der Waals surface area contributed by atoms with Gasteiger partial charge in [-0.05, 0) is 75.2 Å². The average molecular weight is 293 g/mol. The summed E-state index contributed by atoms with van der Waals surface area (Å²) in [6.45, 7) is 11.3. The molecule has 2 heteroatoms. The van der Waals surface area contributed by atoms with Gasteiger partial charge in [0.05, 0.1) is 0 Å². The minimum absolute atomic E-state index is 0.513. The van der Waals surface area contributed by atoms with Crippen molar-refractivity contribution in [3.8, 4) is 0 Å². The van der Waals surface area contributed by atoms with Crippen LogP contribution in [0.3, 0.4) is 0 Å². The zero-order chi connectivity index (χ0) is 14.9. The van der Waals surface area contributed by atoms with Crippen molar-refractivity contribution in [1.82, 2.24) is 10.2 Å². The summed E-state index contributed by atoms with van der Waals surface area (Å²) >= 11 is 0. The van der Waals surface area contributed by atoms with Gasteiger partial charge in [0.1, 0.15) is 0 Å². The predicted octanol–water partition coefficient (Wildman–Crippen LogP) is 4.06. The minimum Gasteiger partial charge on any atom is -0.313 e. The second kappa shape index (κ2) is 6.58. The second-order valence-corrected chi connectivity index (χ2v) is 9.06. The first-order valence-electron chi connectivity index (χ1n) is 9.50. The van der Waals surface area contributed by atoms with Crippen LogP contribution in [0.15, 0.2) is 0 Å². The van der Waals surface area contributed by atoms with Gasteiger partial charge < -0.3 is 5.32 Å². The molecule has 2 nitrogen and oxygen atoms in total. The molecule has 122 valence electrons. The molecule has 2 aliphatic carbocycles. The summed E-state index contributed by atoms with van der Waals surface area (Å²) in [7, 11) is 0. The van der Waals surface area contributed by atoms with Crippen LogP contribution in [0.2, 0.25) is 0 Å². The maximum atomic E-state index is 3.71. The first kappa shape index (κ1) is 15.8. The maximum absolute atomic E-state index is 3.71. The summed E-state index contributed by atoms with van der Waals surface area (Å²) < 4.78 is 0. The lowest BCUT2D eigenvalue weighted by molar-refractivity contribution is 0.0867. The van der Waals surface area contributed by atoms with Crippen LogP contribution in [0.1, 0.15) is 72.1 Å². The number of rotatable bonds is 5. The van der Waals surface area contributed by atoms with Crippen molar-refractivity contribution in [2.75, 3.05) is 19.6 Å². The van der Waals surface area contributed by atoms with Crippen molar-refractivity contribution in [1.29, 1.82) is 0 Å². The summed E-state index contributed by atoms with van der Waals surface area (Å²) in [5.41, 5.74) is 0.513. The fourth-order valence-electron chi connectivity index (χ4n) is 4.51. The van der Waals surface area contributed by atoms with E-state index in [9.17, 15) is 0 Å². The van der Waals surface area contributed by atoms with Crippen LogP contribution in [0.4, 0.5) is 0 Å². The highest BCUT2D eigenvalue weighted by Gasteiger charge is 2.35. The Morgan fingerprint density at radius 3 is 2.14 bits per heavy atom. The molecule has 0 bridgehead atoms. The van der Waals surface area contributed by atoms with Gasteiger partial charge >= 0.3 is 0 Å². The molecule has 0 aromatic heterocycles. The molecule has 0 aromatic carbocycles. The quantitative estimate of drug-likeness (QED) is 0.822. The molecule has 21 heavy (non-hydrogen) atoms. The van der Waals surface area contributed by atoms with Crippen molar-refractivity contribution >= 4 is 0 Å². The lowest BCUT2D eigenvalue weighted by atomic mass is 9.71. The second-order valence-electron chi connectivity index (χ2n) is 9.06. The average Bonchev–Trinajstić information content (AvgIpc) is 3.11. The van der Waals surface area contributed by atoms with E-state index in [1.807, 2.05) is 0 Å². The molecule has 0 spiro atoms. The van der Waals surface area contributed by atoms with E-state index in [-0.39, 0.29) is 0 Å². The SMILES string of the molecule is CC(C)(C)C1CCC(N(CC2CC2)CC2CCCN2)CC1. The molecule has 1 atom stereocenters. The zero-order valence-electron chi connectivity index (χ0n) is 14.5. The molecule has 1 unspecified atom stereocenters. The predicted molar refractivity (Wildman–Crippen MR) is 90.5 cm³/mol. The van der Waals surface area contributed by atoms with Crippen LogP contribution in [0, 0.1) is 17.3 Å². The third kappa shape index (κ3) is 4.45. The fraction of sp³-hybridized carbons (Fsp3) is 1.00. The van der Waals surface area contributed by atoms with E-state index in [2.05, 4.69) is 31.0 Å². The van der Waals surface area contributed by atoms with Gasteiger partial charge in [0.15, 0.2) is 0 Å². The molecular formula is C19H36N2. The Morgan fingerprint density at radius 1 is 0.905 bits per heavy atom. The van der Waals surface area contributed by atoms with Crippen LogP contribution in [-0.4, -0.2) is 36.6 Å². The van der Waals surface area contributed by atoms with E-state index in [0.29, 0.717) is 5.41 Å². The Bertz CT molecular complexity index is 315. The largest absolute Gasteiger partial charge is 0.313 e. The van der Waals surface area contributed by atoms with Crippen molar-refractivity contribution in [2.45, 2.75) is 84.2 Å². The number of hydrogen-bond acceptors (Lipinski definition) is 2. The monoisotopic (exact) mass is 292 g/mol. The summed E-state index contributed by atoms with van der Waals surface area (Å²) in [6.07, 6.45) is 11.6. The molecule has 3 aliphatic rings. The van der Waals surface area contributed by atoms with Gasteiger partial charge in [0.25, 0.3) is 0 Å². The smallest absolute Gasteiger partial charge is 0.0195 e. The van der Waals surface area contributed by atoms with E-state index in [1.165, 1.54) is 71.0 Å². The molecule has 1 saturated heterocycles. The number of nitrogens with one attached hydrogen (secondary N) is 1. The first-order valence-corrected chi connectivity index (χ1v) is 9.50. The fourth-order valence-corrected chi connectivity index (χ4v) is 4.51. The molecule has 1 heterocycles. The highest BCUT2D eigenvalue weighted by atomic mass is 15.2.